The lowest BCUT2D eigenvalue weighted by Gasteiger charge is -2.16. The lowest BCUT2D eigenvalue weighted by atomic mass is 9.94. The standard InChI is InChI=1S/C24H24N4O3S/c1-3-31-24(30)18-12-28(15-7-8-15)20-11-16(13(2)9-17(20)22(18)29)21-10-14-5-4-6-19(26-27-25)23(14)32-21/h9-12,15,19H,3-8H2,1-2H3. The summed E-state index contributed by atoms with van der Waals surface area (Å²) in [6, 6.07) is 6.39. The van der Waals surface area contributed by atoms with Gasteiger partial charge in [0.25, 0.3) is 0 Å². The third-order valence-electron chi connectivity index (χ3n) is 6.34. The second kappa shape index (κ2) is 8.11. The SMILES string of the molecule is CCOC(=O)c1cn(C2CC2)c2cc(-c3cc4c(s3)C(N=[N+]=[N-])CCC4)c(C)cc2c1=O. The fourth-order valence-electron chi connectivity index (χ4n) is 4.62. The maximum atomic E-state index is 13.2. The third-order valence-corrected chi connectivity index (χ3v) is 7.65. The van der Waals surface area contributed by atoms with E-state index in [-0.39, 0.29) is 23.6 Å². The number of carbonyl (C=O) groups excluding carboxylic acids is 1. The molecule has 0 amide bonds. The molecule has 32 heavy (non-hydrogen) atoms. The highest BCUT2D eigenvalue weighted by atomic mass is 32.1. The zero-order valence-corrected chi connectivity index (χ0v) is 18.9. The van der Waals surface area contributed by atoms with E-state index in [0.29, 0.717) is 11.4 Å². The van der Waals surface area contributed by atoms with Gasteiger partial charge < -0.3 is 9.30 Å². The molecular formula is C24H24N4O3S. The molecule has 3 aromatic rings. The van der Waals surface area contributed by atoms with Crippen molar-refractivity contribution < 1.29 is 9.53 Å². The fraction of sp³-hybridized carbons (Fsp3) is 0.417. The van der Waals surface area contributed by atoms with Gasteiger partial charge in [-0.1, -0.05) is 5.11 Å². The number of ether oxygens (including phenoxy) is 1. The summed E-state index contributed by atoms with van der Waals surface area (Å²) in [5.74, 6) is -0.564. The Balaban J connectivity index is 1.68. The van der Waals surface area contributed by atoms with E-state index in [1.807, 2.05) is 13.0 Å². The number of aryl methyl sites for hydroxylation is 2. The van der Waals surface area contributed by atoms with Crippen LogP contribution in [0.2, 0.25) is 0 Å². The number of aromatic nitrogens is 1. The highest BCUT2D eigenvalue weighted by Crippen LogP contribution is 2.44. The van der Waals surface area contributed by atoms with Crippen molar-refractivity contribution in [2.75, 3.05) is 6.61 Å². The molecule has 1 unspecified atom stereocenters. The molecule has 0 bridgehead atoms. The third kappa shape index (κ3) is 3.49. The number of nitrogens with zero attached hydrogens (tertiary/aromatic N) is 4. The van der Waals surface area contributed by atoms with Crippen LogP contribution in [-0.4, -0.2) is 17.1 Å². The van der Waals surface area contributed by atoms with Gasteiger partial charge in [0.1, 0.15) is 5.56 Å². The topological polar surface area (TPSA) is 97.1 Å². The van der Waals surface area contributed by atoms with Crippen molar-refractivity contribution in [3.8, 4) is 10.4 Å². The van der Waals surface area contributed by atoms with Crippen LogP contribution in [0.5, 0.6) is 0 Å². The molecule has 2 aliphatic rings. The molecule has 1 atom stereocenters. The number of esters is 1. The smallest absolute Gasteiger partial charge is 0.343 e. The van der Waals surface area contributed by atoms with Crippen LogP contribution in [0.3, 0.4) is 0 Å². The predicted octanol–water partition coefficient (Wildman–Crippen LogP) is 6.24. The molecule has 0 N–H and O–H groups in total. The molecule has 8 heteroatoms. The van der Waals surface area contributed by atoms with Crippen LogP contribution in [0.1, 0.15) is 71.1 Å². The number of azide groups is 1. The monoisotopic (exact) mass is 448 g/mol. The molecule has 0 aliphatic heterocycles. The second-order valence-electron chi connectivity index (χ2n) is 8.53. The van der Waals surface area contributed by atoms with Crippen molar-refractivity contribution in [3.05, 3.63) is 66.6 Å². The maximum absolute atomic E-state index is 13.2. The highest BCUT2D eigenvalue weighted by Gasteiger charge is 2.28. The van der Waals surface area contributed by atoms with Crippen molar-refractivity contribution in [2.45, 2.75) is 58.0 Å². The lowest BCUT2D eigenvalue weighted by Crippen LogP contribution is -2.21. The van der Waals surface area contributed by atoms with Gasteiger partial charge in [-0.2, -0.15) is 0 Å². The molecule has 7 nitrogen and oxygen atoms in total. The van der Waals surface area contributed by atoms with Crippen molar-refractivity contribution >= 4 is 28.2 Å². The molecule has 1 fully saturated rings. The van der Waals surface area contributed by atoms with Gasteiger partial charge in [-0.15, -0.1) is 11.3 Å². The van der Waals surface area contributed by atoms with Crippen molar-refractivity contribution in [3.63, 3.8) is 0 Å². The van der Waals surface area contributed by atoms with E-state index in [4.69, 9.17) is 10.3 Å². The van der Waals surface area contributed by atoms with Crippen LogP contribution in [0.25, 0.3) is 31.8 Å². The summed E-state index contributed by atoms with van der Waals surface area (Å²) in [4.78, 5) is 30.9. The summed E-state index contributed by atoms with van der Waals surface area (Å²) in [6.45, 7) is 3.97. The largest absolute Gasteiger partial charge is 0.462 e. The van der Waals surface area contributed by atoms with Gasteiger partial charge in [-0.25, -0.2) is 4.79 Å². The van der Waals surface area contributed by atoms with E-state index in [1.165, 1.54) is 5.56 Å². The Labute approximate surface area is 189 Å². The van der Waals surface area contributed by atoms with Crippen LogP contribution >= 0.6 is 11.3 Å². The first-order valence-corrected chi connectivity index (χ1v) is 11.9. The molecule has 1 aromatic carbocycles. The zero-order chi connectivity index (χ0) is 22.4. The van der Waals surface area contributed by atoms with E-state index < -0.39 is 5.97 Å². The summed E-state index contributed by atoms with van der Waals surface area (Å²) in [5, 5.41) is 4.56. The van der Waals surface area contributed by atoms with Crippen LogP contribution < -0.4 is 5.43 Å². The summed E-state index contributed by atoms with van der Waals surface area (Å²) >= 11 is 1.68. The molecule has 2 aliphatic carbocycles. The molecule has 0 saturated heterocycles. The minimum atomic E-state index is -0.564. The maximum Gasteiger partial charge on any atom is 0.343 e. The van der Waals surface area contributed by atoms with Gasteiger partial charge in [0.05, 0.1) is 18.2 Å². The van der Waals surface area contributed by atoms with Gasteiger partial charge in [0, 0.05) is 32.3 Å². The number of hydrogen-bond acceptors (Lipinski definition) is 5. The fourth-order valence-corrected chi connectivity index (χ4v) is 5.98. The normalized spacial score (nSPS) is 17.6. The quantitative estimate of drug-likeness (QED) is 0.200. The number of thiophene rings is 1. The highest BCUT2D eigenvalue weighted by molar-refractivity contribution is 7.15. The number of carbonyl (C=O) groups is 1. The van der Waals surface area contributed by atoms with E-state index >= 15 is 0 Å². The molecule has 0 spiro atoms. The Morgan fingerprint density at radius 1 is 1.31 bits per heavy atom. The lowest BCUT2D eigenvalue weighted by molar-refractivity contribution is 0.0524. The summed E-state index contributed by atoms with van der Waals surface area (Å²) in [7, 11) is 0. The van der Waals surface area contributed by atoms with Gasteiger partial charge in [0.2, 0.25) is 5.43 Å². The molecule has 2 heterocycles. The van der Waals surface area contributed by atoms with Gasteiger partial charge in [0.15, 0.2) is 0 Å². The van der Waals surface area contributed by atoms with Gasteiger partial charge in [-0.3, -0.25) is 4.79 Å². The van der Waals surface area contributed by atoms with Crippen LogP contribution in [-0.2, 0) is 11.2 Å². The Morgan fingerprint density at radius 2 is 2.12 bits per heavy atom. The zero-order valence-electron chi connectivity index (χ0n) is 18.1. The molecule has 0 radical (unpaired) electrons. The Kier molecular flexibility index (Phi) is 5.27. The molecule has 5 rings (SSSR count). The minimum Gasteiger partial charge on any atom is -0.462 e. The summed E-state index contributed by atoms with van der Waals surface area (Å²) < 4.78 is 7.20. The van der Waals surface area contributed by atoms with Crippen molar-refractivity contribution in [1.29, 1.82) is 0 Å². The van der Waals surface area contributed by atoms with Crippen LogP contribution in [0.15, 0.2) is 34.3 Å². The second-order valence-corrected chi connectivity index (χ2v) is 9.61. The molecule has 164 valence electrons. The predicted molar refractivity (Wildman–Crippen MR) is 125 cm³/mol. The number of rotatable bonds is 5. The minimum absolute atomic E-state index is 0.0972. The molecule has 1 saturated carbocycles. The van der Waals surface area contributed by atoms with E-state index in [0.717, 1.165) is 58.5 Å². The average Bonchev–Trinajstić information content (AvgIpc) is 3.52. The number of benzene rings is 1. The first-order chi connectivity index (χ1) is 15.5. The van der Waals surface area contributed by atoms with Crippen molar-refractivity contribution in [2.24, 2.45) is 5.11 Å². The number of fused-ring (bicyclic) bond motifs is 2. The van der Waals surface area contributed by atoms with Gasteiger partial charge in [-0.05, 0) is 86.4 Å². The van der Waals surface area contributed by atoms with Crippen LogP contribution in [0.4, 0.5) is 0 Å². The van der Waals surface area contributed by atoms with Gasteiger partial charge >= 0.3 is 5.97 Å². The number of hydrogen-bond donors (Lipinski definition) is 0. The number of pyridine rings is 1. The average molecular weight is 449 g/mol. The Bertz CT molecular complexity index is 1350. The Morgan fingerprint density at radius 3 is 2.84 bits per heavy atom. The molecular weight excluding hydrogens is 424 g/mol. The van der Waals surface area contributed by atoms with E-state index in [2.05, 4.69) is 26.7 Å². The summed E-state index contributed by atoms with van der Waals surface area (Å²) in [5.41, 5.74) is 12.9. The van der Waals surface area contributed by atoms with Crippen LogP contribution in [0, 0.1) is 6.92 Å². The molecule has 2 aromatic heterocycles. The van der Waals surface area contributed by atoms with Crippen molar-refractivity contribution in [1.82, 2.24) is 4.57 Å². The summed E-state index contributed by atoms with van der Waals surface area (Å²) in [6.07, 6.45) is 6.63. The first-order valence-electron chi connectivity index (χ1n) is 11.1. The Hall–Kier alpha value is -3.09. The van der Waals surface area contributed by atoms with E-state index in [1.54, 1.807) is 24.5 Å². The van der Waals surface area contributed by atoms with E-state index in [9.17, 15) is 9.59 Å². The first kappa shape index (κ1) is 20.8.